The van der Waals surface area contributed by atoms with Crippen LogP contribution in [0.5, 0.6) is 0 Å². The Balaban J connectivity index is 2.14. The standard InChI is InChI=1S/C13H17ClO2/c1-2-12-3-5-13(6-4-12)11-16-10-9-15-8-7-14/h2-6H,1,7-11H2. The van der Waals surface area contributed by atoms with Gasteiger partial charge in [-0.05, 0) is 11.1 Å². The molecule has 0 bridgehead atoms. The lowest BCUT2D eigenvalue weighted by molar-refractivity contribution is 0.0459. The van der Waals surface area contributed by atoms with Crippen LogP contribution in [-0.2, 0) is 16.1 Å². The van der Waals surface area contributed by atoms with Crippen LogP contribution in [0.3, 0.4) is 0 Å². The van der Waals surface area contributed by atoms with Gasteiger partial charge in [-0.1, -0.05) is 36.9 Å². The van der Waals surface area contributed by atoms with E-state index in [0.717, 1.165) is 11.1 Å². The lowest BCUT2D eigenvalue weighted by Gasteiger charge is -2.05. The van der Waals surface area contributed by atoms with Crippen LogP contribution in [0.15, 0.2) is 30.8 Å². The Morgan fingerprint density at radius 2 is 1.75 bits per heavy atom. The molecule has 0 saturated carbocycles. The van der Waals surface area contributed by atoms with Gasteiger partial charge in [0.1, 0.15) is 0 Å². The summed E-state index contributed by atoms with van der Waals surface area (Å²) in [6.07, 6.45) is 1.82. The summed E-state index contributed by atoms with van der Waals surface area (Å²) in [5.74, 6) is 0.531. The first kappa shape index (κ1) is 13.2. The third kappa shape index (κ3) is 5.31. The molecule has 0 aromatic heterocycles. The van der Waals surface area contributed by atoms with Crippen molar-refractivity contribution in [2.75, 3.05) is 25.7 Å². The summed E-state index contributed by atoms with van der Waals surface area (Å²) in [6, 6.07) is 8.12. The Hall–Kier alpha value is -0.830. The van der Waals surface area contributed by atoms with Crippen LogP contribution < -0.4 is 0 Å². The molecule has 1 aromatic rings. The Morgan fingerprint density at radius 3 is 2.38 bits per heavy atom. The third-order valence-corrected chi connectivity index (χ3v) is 2.23. The molecule has 88 valence electrons. The molecule has 0 aliphatic heterocycles. The molecule has 0 spiro atoms. The van der Waals surface area contributed by atoms with E-state index in [-0.39, 0.29) is 0 Å². The van der Waals surface area contributed by atoms with E-state index < -0.39 is 0 Å². The minimum absolute atomic E-state index is 0.531. The number of halogens is 1. The van der Waals surface area contributed by atoms with Gasteiger partial charge in [0.2, 0.25) is 0 Å². The molecule has 0 fully saturated rings. The second-order valence-corrected chi connectivity index (χ2v) is 3.68. The maximum Gasteiger partial charge on any atom is 0.0718 e. The molecule has 1 aromatic carbocycles. The molecule has 0 heterocycles. The van der Waals surface area contributed by atoms with Crippen molar-refractivity contribution in [1.82, 2.24) is 0 Å². The molecule has 0 aliphatic carbocycles. The Morgan fingerprint density at radius 1 is 1.06 bits per heavy atom. The summed E-state index contributed by atoms with van der Waals surface area (Å²) in [5, 5.41) is 0. The number of hydrogen-bond acceptors (Lipinski definition) is 2. The van der Waals surface area contributed by atoms with Gasteiger partial charge >= 0.3 is 0 Å². The molecule has 0 aliphatic rings. The summed E-state index contributed by atoms with van der Waals surface area (Å²) in [4.78, 5) is 0. The summed E-state index contributed by atoms with van der Waals surface area (Å²) < 4.78 is 10.6. The number of alkyl halides is 1. The largest absolute Gasteiger partial charge is 0.378 e. The summed E-state index contributed by atoms with van der Waals surface area (Å²) in [7, 11) is 0. The van der Waals surface area contributed by atoms with Gasteiger partial charge in [0, 0.05) is 5.88 Å². The number of rotatable bonds is 8. The first-order valence-corrected chi connectivity index (χ1v) is 5.83. The predicted molar refractivity (Wildman–Crippen MR) is 67.7 cm³/mol. The van der Waals surface area contributed by atoms with E-state index in [4.69, 9.17) is 21.1 Å². The molecule has 1 rings (SSSR count). The average Bonchev–Trinajstić information content (AvgIpc) is 2.34. The average molecular weight is 241 g/mol. The third-order valence-electron chi connectivity index (χ3n) is 2.08. The molecule has 2 nitrogen and oxygen atoms in total. The number of ether oxygens (including phenoxy) is 2. The normalized spacial score (nSPS) is 10.3. The zero-order chi connectivity index (χ0) is 11.6. The molecular weight excluding hydrogens is 224 g/mol. The Bertz CT molecular complexity index is 295. The fourth-order valence-electron chi connectivity index (χ4n) is 1.21. The molecule has 0 saturated heterocycles. The van der Waals surface area contributed by atoms with E-state index in [1.807, 2.05) is 30.3 Å². The van der Waals surface area contributed by atoms with Crippen LogP contribution in [0.2, 0.25) is 0 Å². The van der Waals surface area contributed by atoms with Crippen LogP contribution in [0.4, 0.5) is 0 Å². The van der Waals surface area contributed by atoms with E-state index in [0.29, 0.717) is 32.3 Å². The quantitative estimate of drug-likeness (QED) is 0.514. The zero-order valence-electron chi connectivity index (χ0n) is 9.32. The highest BCUT2D eigenvalue weighted by Gasteiger charge is 1.93. The smallest absolute Gasteiger partial charge is 0.0718 e. The predicted octanol–water partition coefficient (Wildman–Crippen LogP) is 3.10. The van der Waals surface area contributed by atoms with Crippen LogP contribution in [0.25, 0.3) is 6.08 Å². The highest BCUT2D eigenvalue weighted by molar-refractivity contribution is 6.17. The van der Waals surface area contributed by atoms with Crippen molar-refractivity contribution < 1.29 is 9.47 Å². The van der Waals surface area contributed by atoms with Crippen molar-refractivity contribution in [2.45, 2.75) is 6.61 Å². The summed E-state index contributed by atoms with van der Waals surface area (Å²) >= 11 is 5.46. The maximum atomic E-state index is 5.46. The monoisotopic (exact) mass is 240 g/mol. The van der Waals surface area contributed by atoms with Crippen molar-refractivity contribution in [2.24, 2.45) is 0 Å². The van der Waals surface area contributed by atoms with E-state index in [2.05, 4.69) is 6.58 Å². The zero-order valence-corrected chi connectivity index (χ0v) is 10.1. The Kier molecular flexibility index (Phi) is 6.90. The molecule has 0 N–H and O–H groups in total. The van der Waals surface area contributed by atoms with Crippen LogP contribution >= 0.6 is 11.6 Å². The molecule has 0 atom stereocenters. The van der Waals surface area contributed by atoms with Crippen molar-refractivity contribution in [3.05, 3.63) is 42.0 Å². The SMILES string of the molecule is C=Cc1ccc(COCCOCCCl)cc1. The van der Waals surface area contributed by atoms with Gasteiger partial charge in [-0.2, -0.15) is 0 Å². The van der Waals surface area contributed by atoms with Crippen molar-refractivity contribution in [3.8, 4) is 0 Å². The van der Waals surface area contributed by atoms with Crippen LogP contribution in [-0.4, -0.2) is 25.7 Å². The van der Waals surface area contributed by atoms with Gasteiger partial charge in [-0.15, -0.1) is 11.6 Å². The van der Waals surface area contributed by atoms with E-state index in [1.54, 1.807) is 0 Å². The highest BCUT2D eigenvalue weighted by Crippen LogP contribution is 2.06. The molecule has 0 amide bonds. The number of benzene rings is 1. The fourth-order valence-corrected chi connectivity index (χ4v) is 1.32. The van der Waals surface area contributed by atoms with Gasteiger partial charge in [-0.25, -0.2) is 0 Å². The van der Waals surface area contributed by atoms with E-state index in [1.165, 1.54) is 0 Å². The molecule has 16 heavy (non-hydrogen) atoms. The molecule has 3 heteroatoms. The van der Waals surface area contributed by atoms with Crippen molar-refractivity contribution in [3.63, 3.8) is 0 Å². The fraction of sp³-hybridized carbons (Fsp3) is 0.385. The van der Waals surface area contributed by atoms with Gasteiger partial charge < -0.3 is 9.47 Å². The maximum absolute atomic E-state index is 5.46. The summed E-state index contributed by atoms with van der Waals surface area (Å²) in [5.41, 5.74) is 2.28. The van der Waals surface area contributed by atoms with Crippen LogP contribution in [0, 0.1) is 0 Å². The van der Waals surface area contributed by atoms with Crippen LogP contribution in [0.1, 0.15) is 11.1 Å². The second-order valence-electron chi connectivity index (χ2n) is 3.30. The van der Waals surface area contributed by atoms with Crippen molar-refractivity contribution >= 4 is 17.7 Å². The first-order chi connectivity index (χ1) is 7.86. The van der Waals surface area contributed by atoms with Gasteiger partial charge in [0.25, 0.3) is 0 Å². The molecular formula is C13H17ClO2. The molecule has 0 unspecified atom stereocenters. The number of hydrogen-bond donors (Lipinski definition) is 0. The van der Waals surface area contributed by atoms with E-state index in [9.17, 15) is 0 Å². The topological polar surface area (TPSA) is 18.5 Å². The highest BCUT2D eigenvalue weighted by atomic mass is 35.5. The van der Waals surface area contributed by atoms with Gasteiger partial charge in [-0.3, -0.25) is 0 Å². The lowest BCUT2D eigenvalue weighted by Crippen LogP contribution is -2.05. The first-order valence-electron chi connectivity index (χ1n) is 5.29. The second kappa shape index (κ2) is 8.34. The van der Waals surface area contributed by atoms with E-state index >= 15 is 0 Å². The minimum Gasteiger partial charge on any atom is -0.378 e. The van der Waals surface area contributed by atoms with Gasteiger partial charge in [0.15, 0.2) is 0 Å². The summed E-state index contributed by atoms with van der Waals surface area (Å²) in [6.45, 7) is 6.09. The lowest BCUT2D eigenvalue weighted by atomic mass is 10.1. The Labute approximate surface area is 102 Å². The minimum atomic E-state index is 0.531. The molecule has 0 radical (unpaired) electrons. The van der Waals surface area contributed by atoms with Crippen molar-refractivity contribution in [1.29, 1.82) is 0 Å². The van der Waals surface area contributed by atoms with Gasteiger partial charge in [0.05, 0.1) is 26.4 Å².